The van der Waals surface area contributed by atoms with Gasteiger partial charge in [0, 0.05) is 26.1 Å². The van der Waals surface area contributed by atoms with Crippen LogP contribution in [0.2, 0.25) is 0 Å². The summed E-state index contributed by atoms with van der Waals surface area (Å²) in [4.78, 5) is 24.8. The number of carbonyl (C=O) groups is 2. The number of likely N-dealkylation sites (tertiary alicyclic amines) is 1. The maximum atomic E-state index is 11.6. The fourth-order valence-corrected chi connectivity index (χ4v) is 2.03. The van der Waals surface area contributed by atoms with Crippen LogP contribution in [-0.2, 0) is 9.53 Å². The lowest BCUT2D eigenvalue weighted by molar-refractivity contribution is -0.128. The number of nitrogens with zero attached hydrogens (tertiary/aromatic N) is 1. The van der Waals surface area contributed by atoms with Crippen LogP contribution in [0.5, 0.6) is 0 Å². The monoisotopic (exact) mass is 256 g/mol. The molecule has 1 saturated heterocycles. The van der Waals surface area contributed by atoms with E-state index >= 15 is 0 Å². The zero-order chi connectivity index (χ0) is 13.8. The van der Waals surface area contributed by atoms with E-state index in [1.54, 1.807) is 6.92 Å². The molecule has 104 valence electrons. The number of hydrogen-bond acceptors (Lipinski definition) is 3. The minimum absolute atomic E-state index is 0.101. The van der Waals surface area contributed by atoms with Crippen molar-refractivity contribution in [1.82, 2.24) is 10.2 Å². The van der Waals surface area contributed by atoms with Gasteiger partial charge < -0.3 is 15.0 Å². The number of hydrogen-bond donors (Lipinski definition) is 1. The molecule has 1 N–H and O–H groups in total. The van der Waals surface area contributed by atoms with E-state index in [2.05, 4.69) is 5.32 Å². The Morgan fingerprint density at radius 3 is 2.44 bits per heavy atom. The third kappa shape index (κ3) is 5.38. The van der Waals surface area contributed by atoms with Gasteiger partial charge in [0.05, 0.1) is 0 Å². The molecular formula is C13H24N2O3. The second kappa shape index (κ2) is 6.07. The van der Waals surface area contributed by atoms with Gasteiger partial charge in [0.25, 0.3) is 0 Å². The fraction of sp³-hybridized carbons (Fsp3) is 0.846. The Labute approximate surface area is 109 Å². The van der Waals surface area contributed by atoms with Crippen LogP contribution in [0.3, 0.4) is 0 Å². The maximum absolute atomic E-state index is 11.6. The summed E-state index contributed by atoms with van der Waals surface area (Å²) in [6, 6.07) is 0.101. The average molecular weight is 256 g/mol. The Balaban J connectivity index is 2.40. The van der Waals surface area contributed by atoms with Crippen molar-refractivity contribution in [3.63, 3.8) is 0 Å². The van der Waals surface area contributed by atoms with Gasteiger partial charge in [0.2, 0.25) is 5.91 Å². The minimum Gasteiger partial charge on any atom is -0.444 e. The molecule has 5 heteroatoms. The van der Waals surface area contributed by atoms with Crippen molar-refractivity contribution in [1.29, 1.82) is 0 Å². The van der Waals surface area contributed by atoms with Crippen LogP contribution in [-0.4, -0.2) is 41.6 Å². The van der Waals surface area contributed by atoms with Crippen molar-refractivity contribution in [3.8, 4) is 0 Å². The van der Waals surface area contributed by atoms with E-state index in [-0.39, 0.29) is 18.0 Å². The highest BCUT2D eigenvalue weighted by atomic mass is 16.6. The van der Waals surface area contributed by atoms with E-state index in [4.69, 9.17) is 4.74 Å². The fourth-order valence-electron chi connectivity index (χ4n) is 2.03. The molecule has 0 bridgehead atoms. The van der Waals surface area contributed by atoms with Crippen LogP contribution in [0.25, 0.3) is 0 Å². The number of ether oxygens (including phenoxy) is 1. The normalized spacial score (nSPS) is 21.1. The average Bonchev–Trinajstić information content (AvgIpc) is 2.40. The maximum Gasteiger partial charge on any atom is 0.407 e. The molecule has 0 spiro atoms. The molecule has 1 fully saturated rings. The molecule has 5 nitrogen and oxygen atoms in total. The molecule has 0 aromatic rings. The third-order valence-corrected chi connectivity index (χ3v) is 2.89. The van der Waals surface area contributed by atoms with Gasteiger partial charge in [0.15, 0.2) is 0 Å². The SMILES string of the molecule is CC(=O)N1CCCC(NC(=O)OC(C)(C)C)CC1. The molecule has 0 aromatic carbocycles. The number of amides is 2. The standard InChI is InChI=1S/C13H24N2O3/c1-10(16)15-8-5-6-11(7-9-15)14-12(17)18-13(2,3)4/h11H,5-9H2,1-4H3,(H,14,17). The summed E-state index contributed by atoms with van der Waals surface area (Å²) in [6.45, 7) is 8.60. The van der Waals surface area contributed by atoms with E-state index < -0.39 is 5.60 Å². The number of carbonyl (C=O) groups excluding carboxylic acids is 2. The molecule has 1 aliphatic heterocycles. The van der Waals surface area contributed by atoms with Crippen molar-refractivity contribution in [2.45, 2.75) is 58.6 Å². The van der Waals surface area contributed by atoms with Crippen LogP contribution in [0.15, 0.2) is 0 Å². The Bertz CT molecular complexity index is 310. The van der Waals surface area contributed by atoms with Crippen LogP contribution >= 0.6 is 0 Å². The van der Waals surface area contributed by atoms with Crippen LogP contribution < -0.4 is 5.32 Å². The highest BCUT2D eigenvalue weighted by Gasteiger charge is 2.22. The van der Waals surface area contributed by atoms with Crippen LogP contribution in [0.4, 0.5) is 4.79 Å². The largest absolute Gasteiger partial charge is 0.444 e. The molecule has 1 atom stereocenters. The van der Waals surface area contributed by atoms with Crippen LogP contribution in [0, 0.1) is 0 Å². The van der Waals surface area contributed by atoms with Crippen molar-refractivity contribution >= 4 is 12.0 Å². The van der Waals surface area contributed by atoms with Crippen molar-refractivity contribution in [3.05, 3.63) is 0 Å². The first-order chi connectivity index (χ1) is 8.28. The van der Waals surface area contributed by atoms with Gasteiger partial charge in [0.1, 0.15) is 5.60 Å². The van der Waals surface area contributed by atoms with Gasteiger partial charge in [-0.15, -0.1) is 0 Å². The molecule has 0 saturated carbocycles. The lowest BCUT2D eigenvalue weighted by Gasteiger charge is -2.23. The summed E-state index contributed by atoms with van der Waals surface area (Å²) in [7, 11) is 0. The van der Waals surface area contributed by atoms with Gasteiger partial charge in [-0.05, 0) is 40.0 Å². The first-order valence-electron chi connectivity index (χ1n) is 6.53. The van der Waals surface area contributed by atoms with Gasteiger partial charge in [-0.25, -0.2) is 4.79 Å². The molecule has 0 aromatic heterocycles. The molecule has 1 rings (SSSR count). The molecule has 2 amide bonds. The summed E-state index contributed by atoms with van der Waals surface area (Å²) >= 11 is 0. The minimum atomic E-state index is -0.472. The quantitative estimate of drug-likeness (QED) is 0.779. The molecule has 1 aliphatic rings. The Morgan fingerprint density at radius 1 is 1.22 bits per heavy atom. The third-order valence-electron chi connectivity index (χ3n) is 2.89. The predicted molar refractivity (Wildman–Crippen MR) is 69.3 cm³/mol. The van der Waals surface area contributed by atoms with Crippen molar-refractivity contribution < 1.29 is 14.3 Å². The Morgan fingerprint density at radius 2 is 1.89 bits per heavy atom. The number of alkyl carbamates (subject to hydrolysis) is 1. The molecule has 1 unspecified atom stereocenters. The topological polar surface area (TPSA) is 58.6 Å². The second-order valence-electron chi connectivity index (χ2n) is 5.78. The summed E-state index contributed by atoms with van der Waals surface area (Å²) in [5.74, 6) is 0.105. The summed E-state index contributed by atoms with van der Waals surface area (Å²) in [6.07, 6.45) is 2.23. The zero-order valence-electron chi connectivity index (χ0n) is 11.8. The van der Waals surface area contributed by atoms with E-state index in [0.29, 0.717) is 6.54 Å². The summed E-state index contributed by atoms with van der Waals surface area (Å²) < 4.78 is 5.22. The first kappa shape index (κ1) is 14.8. The highest BCUT2D eigenvalue weighted by Crippen LogP contribution is 2.13. The van der Waals surface area contributed by atoms with Crippen LogP contribution in [0.1, 0.15) is 47.0 Å². The van der Waals surface area contributed by atoms with Gasteiger partial charge in [-0.3, -0.25) is 4.79 Å². The first-order valence-corrected chi connectivity index (χ1v) is 6.53. The number of rotatable bonds is 1. The van der Waals surface area contributed by atoms with E-state index in [0.717, 1.165) is 25.8 Å². The Kier molecular flexibility index (Phi) is 4.99. The predicted octanol–water partition coefficient (Wildman–Crippen LogP) is 1.91. The molecule has 1 heterocycles. The van der Waals surface area contributed by atoms with Crippen molar-refractivity contribution in [2.24, 2.45) is 0 Å². The molecule has 18 heavy (non-hydrogen) atoms. The zero-order valence-corrected chi connectivity index (χ0v) is 11.8. The van der Waals surface area contributed by atoms with E-state index in [1.807, 2.05) is 25.7 Å². The lowest BCUT2D eigenvalue weighted by Crippen LogP contribution is -2.39. The second-order valence-corrected chi connectivity index (χ2v) is 5.78. The highest BCUT2D eigenvalue weighted by molar-refractivity contribution is 5.73. The summed E-state index contributed by atoms with van der Waals surface area (Å²) in [5, 5.41) is 2.88. The summed E-state index contributed by atoms with van der Waals surface area (Å²) in [5.41, 5.74) is -0.472. The van der Waals surface area contributed by atoms with Gasteiger partial charge in [-0.1, -0.05) is 0 Å². The van der Waals surface area contributed by atoms with Gasteiger partial charge >= 0.3 is 6.09 Å². The molecular weight excluding hydrogens is 232 g/mol. The number of nitrogens with one attached hydrogen (secondary N) is 1. The van der Waals surface area contributed by atoms with E-state index in [9.17, 15) is 9.59 Å². The molecule has 0 aliphatic carbocycles. The lowest BCUT2D eigenvalue weighted by atomic mass is 10.1. The van der Waals surface area contributed by atoms with Gasteiger partial charge in [-0.2, -0.15) is 0 Å². The Hall–Kier alpha value is -1.26. The van der Waals surface area contributed by atoms with Crippen molar-refractivity contribution in [2.75, 3.05) is 13.1 Å². The molecule has 0 radical (unpaired) electrons. The smallest absolute Gasteiger partial charge is 0.407 e. The van der Waals surface area contributed by atoms with E-state index in [1.165, 1.54) is 0 Å².